The van der Waals surface area contributed by atoms with Crippen molar-refractivity contribution in [3.05, 3.63) is 36.3 Å². The Morgan fingerprint density at radius 3 is 3.16 bits per heavy atom. The van der Waals surface area contributed by atoms with E-state index in [0.717, 1.165) is 18.6 Å². The number of nitrogens with zero attached hydrogens (tertiary/aromatic N) is 2. The maximum atomic E-state index is 12.3. The van der Waals surface area contributed by atoms with Crippen molar-refractivity contribution in [2.75, 3.05) is 6.54 Å². The SMILES string of the molecule is O=C(N[C@H]1C[C@@H]2C[C@@H]1CN2)c1ccc2nccn2c1. The highest BCUT2D eigenvalue weighted by Gasteiger charge is 2.40. The summed E-state index contributed by atoms with van der Waals surface area (Å²) in [5.41, 5.74) is 1.56. The number of rotatable bonds is 2. The minimum absolute atomic E-state index is 0.0214. The van der Waals surface area contributed by atoms with Gasteiger partial charge in [-0.15, -0.1) is 0 Å². The Kier molecular flexibility index (Phi) is 2.35. The maximum Gasteiger partial charge on any atom is 0.253 e. The minimum atomic E-state index is 0.0214. The second-order valence-electron chi connectivity index (χ2n) is 5.53. The topological polar surface area (TPSA) is 58.4 Å². The Hall–Kier alpha value is -1.88. The van der Waals surface area contributed by atoms with Gasteiger partial charge in [0.15, 0.2) is 0 Å². The molecule has 19 heavy (non-hydrogen) atoms. The van der Waals surface area contributed by atoms with Crippen LogP contribution >= 0.6 is 0 Å². The quantitative estimate of drug-likeness (QED) is 0.836. The number of hydrogen-bond donors (Lipinski definition) is 2. The molecule has 4 rings (SSSR count). The fourth-order valence-electron chi connectivity index (χ4n) is 3.32. The first-order valence-electron chi connectivity index (χ1n) is 6.76. The summed E-state index contributed by atoms with van der Waals surface area (Å²) in [6.07, 6.45) is 7.69. The predicted molar refractivity (Wildman–Crippen MR) is 71.0 cm³/mol. The Labute approximate surface area is 111 Å². The van der Waals surface area contributed by atoms with Crippen LogP contribution in [0.3, 0.4) is 0 Å². The van der Waals surface area contributed by atoms with Crippen LogP contribution in [0.5, 0.6) is 0 Å². The van der Waals surface area contributed by atoms with Gasteiger partial charge < -0.3 is 15.0 Å². The summed E-state index contributed by atoms with van der Waals surface area (Å²) in [6, 6.07) is 4.64. The second kappa shape index (κ2) is 4.06. The number of pyridine rings is 1. The number of amides is 1. The number of piperidine rings is 1. The second-order valence-corrected chi connectivity index (χ2v) is 5.53. The van der Waals surface area contributed by atoms with Gasteiger partial charge in [0.05, 0.1) is 5.56 Å². The number of fused-ring (bicyclic) bond motifs is 3. The standard InChI is InChI=1S/C14H16N4O/c19-14(17-12-6-11-5-10(12)7-16-11)9-1-2-13-15-3-4-18(13)8-9/h1-4,8,10-12,16H,5-7H2,(H,17,19)/t10-,11+,12+/m1/s1. The average molecular weight is 256 g/mol. The first-order valence-corrected chi connectivity index (χ1v) is 6.76. The van der Waals surface area contributed by atoms with Crippen LogP contribution in [0.15, 0.2) is 30.7 Å². The largest absolute Gasteiger partial charge is 0.349 e. The first-order chi connectivity index (χ1) is 9.29. The van der Waals surface area contributed by atoms with Crippen LogP contribution < -0.4 is 10.6 Å². The average Bonchev–Trinajstić information content (AvgIpc) is 3.13. The lowest BCUT2D eigenvalue weighted by molar-refractivity contribution is 0.0924. The van der Waals surface area contributed by atoms with E-state index in [9.17, 15) is 4.79 Å². The third-order valence-electron chi connectivity index (χ3n) is 4.33. The lowest BCUT2D eigenvalue weighted by Gasteiger charge is -2.23. The van der Waals surface area contributed by atoms with Crippen molar-refractivity contribution in [3.8, 4) is 0 Å². The van der Waals surface area contributed by atoms with Gasteiger partial charge in [0.1, 0.15) is 5.65 Å². The Morgan fingerprint density at radius 1 is 1.42 bits per heavy atom. The molecule has 3 atom stereocenters. The molecule has 2 fully saturated rings. The molecule has 1 aliphatic heterocycles. The van der Waals surface area contributed by atoms with Crippen LogP contribution in [0.2, 0.25) is 0 Å². The molecule has 2 N–H and O–H groups in total. The third-order valence-corrected chi connectivity index (χ3v) is 4.33. The van der Waals surface area contributed by atoms with E-state index in [1.165, 1.54) is 6.42 Å². The highest BCUT2D eigenvalue weighted by atomic mass is 16.1. The van der Waals surface area contributed by atoms with Gasteiger partial charge in [0, 0.05) is 37.2 Å². The molecule has 3 heterocycles. The zero-order chi connectivity index (χ0) is 12.8. The number of imidazole rings is 1. The number of hydrogen-bond acceptors (Lipinski definition) is 3. The van der Waals surface area contributed by atoms with Crippen LogP contribution in [-0.4, -0.2) is 33.9 Å². The molecule has 2 aromatic heterocycles. The molecule has 1 aliphatic carbocycles. The molecule has 98 valence electrons. The van der Waals surface area contributed by atoms with E-state index in [2.05, 4.69) is 15.6 Å². The molecule has 2 aromatic rings. The molecule has 2 bridgehead atoms. The summed E-state index contributed by atoms with van der Waals surface area (Å²) >= 11 is 0. The summed E-state index contributed by atoms with van der Waals surface area (Å²) in [5.74, 6) is 0.624. The van der Waals surface area contributed by atoms with Crippen molar-refractivity contribution in [1.29, 1.82) is 0 Å². The monoisotopic (exact) mass is 256 g/mol. The zero-order valence-electron chi connectivity index (χ0n) is 10.5. The van der Waals surface area contributed by atoms with Crippen LogP contribution in [0.4, 0.5) is 0 Å². The Bertz CT molecular complexity index is 635. The highest BCUT2D eigenvalue weighted by Crippen LogP contribution is 2.31. The van der Waals surface area contributed by atoms with E-state index < -0.39 is 0 Å². The van der Waals surface area contributed by atoms with Crippen molar-refractivity contribution in [2.24, 2.45) is 5.92 Å². The lowest BCUT2D eigenvalue weighted by atomic mass is 10.0. The van der Waals surface area contributed by atoms with Gasteiger partial charge in [-0.2, -0.15) is 0 Å². The maximum absolute atomic E-state index is 12.3. The fourth-order valence-corrected chi connectivity index (χ4v) is 3.32. The van der Waals surface area contributed by atoms with Gasteiger partial charge >= 0.3 is 0 Å². The summed E-state index contributed by atoms with van der Waals surface area (Å²) in [6.45, 7) is 1.04. The summed E-state index contributed by atoms with van der Waals surface area (Å²) < 4.78 is 1.87. The molecule has 5 nitrogen and oxygen atoms in total. The number of aromatic nitrogens is 2. The van der Waals surface area contributed by atoms with Gasteiger partial charge in [-0.1, -0.05) is 0 Å². The van der Waals surface area contributed by atoms with Gasteiger partial charge in [0.2, 0.25) is 0 Å². The van der Waals surface area contributed by atoms with E-state index in [1.54, 1.807) is 6.20 Å². The molecule has 0 radical (unpaired) electrons. The molecule has 1 amide bonds. The summed E-state index contributed by atoms with van der Waals surface area (Å²) in [5, 5.41) is 6.63. The van der Waals surface area contributed by atoms with Crippen molar-refractivity contribution < 1.29 is 4.79 Å². The van der Waals surface area contributed by atoms with E-state index in [1.807, 2.05) is 28.9 Å². The van der Waals surface area contributed by atoms with Crippen LogP contribution in [-0.2, 0) is 0 Å². The molecular weight excluding hydrogens is 240 g/mol. The summed E-state index contributed by atoms with van der Waals surface area (Å²) in [7, 11) is 0. The molecule has 1 saturated carbocycles. The third kappa shape index (κ3) is 1.81. The van der Waals surface area contributed by atoms with E-state index in [0.29, 0.717) is 23.6 Å². The molecular formula is C14H16N4O. The van der Waals surface area contributed by atoms with E-state index >= 15 is 0 Å². The number of carbonyl (C=O) groups excluding carboxylic acids is 1. The predicted octanol–water partition coefficient (Wildman–Crippen LogP) is 0.814. The Morgan fingerprint density at radius 2 is 2.37 bits per heavy atom. The first kappa shape index (κ1) is 11.0. The van der Waals surface area contributed by atoms with Gasteiger partial charge in [-0.25, -0.2) is 4.98 Å². The molecule has 1 saturated heterocycles. The van der Waals surface area contributed by atoms with Crippen molar-refractivity contribution >= 4 is 11.6 Å². The van der Waals surface area contributed by atoms with Gasteiger partial charge in [0.25, 0.3) is 5.91 Å². The van der Waals surface area contributed by atoms with Crippen molar-refractivity contribution in [2.45, 2.75) is 24.9 Å². The van der Waals surface area contributed by atoms with Gasteiger partial charge in [-0.05, 0) is 30.9 Å². The van der Waals surface area contributed by atoms with Crippen molar-refractivity contribution in [1.82, 2.24) is 20.0 Å². The van der Waals surface area contributed by atoms with Crippen LogP contribution in [0.25, 0.3) is 5.65 Å². The fraction of sp³-hybridized carbons (Fsp3) is 0.429. The number of carbonyl (C=O) groups is 1. The number of nitrogens with one attached hydrogen (secondary N) is 2. The van der Waals surface area contributed by atoms with Crippen LogP contribution in [0, 0.1) is 5.92 Å². The Balaban J connectivity index is 1.53. The highest BCUT2D eigenvalue weighted by molar-refractivity contribution is 5.94. The van der Waals surface area contributed by atoms with Crippen molar-refractivity contribution in [3.63, 3.8) is 0 Å². The minimum Gasteiger partial charge on any atom is -0.349 e. The van der Waals surface area contributed by atoms with Crippen LogP contribution in [0.1, 0.15) is 23.2 Å². The lowest BCUT2D eigenvalue weighted by Crippen LogP contribution is -2.44. The van der Waals surface area contributed by atoms with Gasteiger partial charge in [-0.3, -0.25) is 4.79 Å². The zero-order valence-corrected chi connectivity index (χ0v) is 10.5. The van der Waals surface area contributed by atoms with E-state index in [-0.39, 0.29) is 5.91 Å². The smallest absolute Gasteiger partial charge is 0.253 e. The molecule has 0 spiro atoms. The molecule has 5 heteroatoms. The normalized spacial score (nSPS) is 28.9. The molecule has 0 unspecified atom stereocenters. The summed E-state index contributed by atoms with van der Waals surface area (Å²) in [4.78, 5) is 16.5. The van der Waals surface area contributed by atoms with E-state index in [4.69, 9.17) is 0 Å². The molecule has 0 aromatic carbocycles. The molecule has 2 aliphatic rings.